The van der Waals surface area contributed by atoms with Gasteiger partial charge in [0.15, 0.2) is 5.78 Å². The lowest BCUT2D eigenvalue weighted by Crippen LogP contribution is -2.36. The molecule has 160 valence electrons. The molecule has 0 aliphatic carbocycles. The van der Waals surface area contributed by atoms with Gasteiger partial charge in [-0.2, -0.15) is 8.78 Å². The number of hydrogen-bond acceptors (Lipinski definition) is 6. The largest absolute Gasteiger partial charge is 0.366 e. The van der Waals surface area contributed by atoms with E-state index < -0.39 is 36.9 Å². The Bertz CT molecular complexity index is 1070. The van der Waals surface area contributed by atoms with Gasteiger partial charge in [-0.15, -0.1) is 0 Å². The number of benzene rings is 2. The lowest BCUT2D eigenvalue weighted by molar-refractivity contribution is -0.384. The quantitative estimate of drug-likeness (QED) is 0.383. The summed E-state index contributed by atoms with van der Waals surface area (Å²) in [5.41, 5.74) is -0.122. The second-order valence-corrected chi connectivity index (χ2v) is 8.76. The van der Waals surface area contributed by atoms with Crippen molar-refractivity contribution in [3.8, 4) is 0 Å². The van der Waals surface area contributed by atoms with E-state index in [1.54, 1.807) is 4.90 Å². The predicted molar refractivity (Wildman–Crippen MR) is 102 cm³/mol. The first-order valence-corrected chi connectivity index (χ1v) is 10.5. The van der Waals surface area contributed by atoms with Crippen LogP contribution in [0.3, 0.4) is 0 Å². The van der Waals surface area contributed by atoms with Gasteiger partial charge in [0.1, 0.15) is 11.5 Å². The van der Waals surface area contributed by atoms with Gasteiger partial charge in [-0.1, -0.05) is 0 Å². The summed E-state index contributed by atoms with van der Waals surface area (Å²) in [5, 5.41) is 11.4. The van der Waals surface area contributed by atoms with E-state index in [0.717, 1.165) is 12.1 Å². The fourth-order valence-corrected chi connectivity index (χ4v) is 4.17. The van der Waals surface area contributed by atoms with Crippen LogP contribution in [0.25, 0.3) is 0 Å². The van der Waals surface area contributed by atoms with Crippen molar-refractivity contribution in [2.24, 2.45) is 5.92 Å². The Morgan fingerprint density at radius 2 is 1.70 bits per heavy atom. The summed E-state index contributed by atoms with van der Waals surface area (Å²) in [4.78, 5) is 23.9. The van der Waals surface area contributed by atoms with Crippen LogP contribution in [0.5, 0.6) is 0 Å². The molecule has 0 saturated carbocycles. The van der Waals surface area contributed by atoms with E-state index in [2.05, 4.69) is 0 Å². The highest BCUT2D eigenvalue weighted by Gasteiger charge is 2.32. The van der Waals surface area contributed by atoms with Crippen LogP contribution in [-0.2, 0) is 9.84 Å². The summed E-state index contributed by atoms with van der Waals surface area (Å²) in [6, 6.07) is 7.87. The third-order valence-electron chi connectivity index (χ3n) is 5.04. The van der Waals surface area contributed by atoms with Crippen LogP contribution in [0.4, 0.5) is 24.5 Å². The molecule has 0 N–H and O–H groups in total. The zero-order valence-electron chi connectivity index (χ0n) is 15.5. The lowest BCUT2D eigenvalue weighted by atomic mass is 9.88. The standard InChI is InChI=1S/C19H17F3N2O5S/c20-14-3-1-12(2-4-14)18(25)13-7-9-23(10-8-13)16-6-5-15(11-17(16)24(26)27)30(28,29)19(21)22/h1-6,11,13,19H,7-10H2. The van der Waals surface area contributed by atoms with Crippen molar-refractivity contribution >= 4 is 27.0 Å². The van der Waals surface area contributed by atoms with E-state index in [4.69, 9.17) is 0 Å². The minimum Gasteiger partial charge on any atom is -0.366 e. The number of carbonyl (C=O) groups excluding carboxylic acids is 1. The fraction of sp³-hybridized carbons (Fsp3) is 0.316. The molecule has 0 bridgehead atoms. The molecule has 0 radical (unpaired) electrons. The number of carbonyl (C=O) groups is 1. The van der Waals surface area contributed by atoms with Gasteiger partial charge < -0.3 is 4.90 Å². The Kier molecular flexibility index (Phi) is 6.11. The van der Waals surface area contributed by atoms with Crippen molar-refractivity contribution in [3.63, 3.8) is 0 Å². The van der Waals surface area contributed by atoms with Crippen molar-refractivity contribution in [1.29, 1.82) is 0 Å². The Labute approximate surface area is 170 Å². The zero-order valence-corrected chi connectivity index (χ0v) is 16.3. The maximum Gasteiger partial charge on any atom is 0.341 e. The molecule has 7 nitrogen and oxygen atoms in total. The summed E-state index contributed by atoms with van der Waals surface area (Å²) < 4.78 is 61.8. The van der Waals surface area contributed by atoms with Crippen LogP contribution in [-0.4, -0.2) is 38.0 Å². The summed E-state index contributed by atoms with van der Waals surface area (Å²) in [6.07, 6.45) is 0.759. The van der Waals surface area contributed by atoms with Crippen molar-refractivity contribution < 1.29 is 31.3 Å². The van der Waals surface area contributed by atoms with Gasteiger partial charge in [0.2, 0.25) is 9.84 Å². The summed E-state index contributed by atoms with van der Waals surface area (Å²) in [7, 11) is -4.96. The van der Waals surface area contributed by atoms with Gasteiger partial charge >= 0.3 is 5.76 Å². The van der Waals surface area contributed by atoms with Crippen molar-refractivity contribution in [3.05, 3.63) is 64.0 Å². The SMILES string of the molecule is O=C(c1ccc(F)cc1)C1CCN(c2ccc(S(=O)(=O)C(F)F)cc2[N+](=O)[O-])CC1. The number of rotatable bonds is 6. The highest BCUT2D eigenvalue weighted by atomic mass is 32.2. The molecule has 0 unspecified atom stereocenters. The number of sulfone groups is 1. The van der Waals surface area contributed by atoms with Gasteiger partial charge in [0.05, 0.1) is 9.82 Å². The third kappa shape index (κ3) is 4.30. The Balaban J connectivity index is 1.78. The smallest absolute Gasteiger partial charge is 0.341 e. The number of Topliss-reactive ketones (excluding diaryl/α,β-unsaturated/α-hetero) is 1. The molecule has 2 aromatic rings. The molecule has 0 aromatic heterocycles. The van der Waals surface area contributed by atoms with E-state index in [1.807, 2.05) is 0 Å². The Hall–Kier alpha value is -2.95. The third-order valence-corrected chi connectivity index (χ3v) is 6.42. The number of hydrogen-bond donors (Lipinski definition) is 0. The molecule has 1 aliphatic heterocycles. The summed E-state index contributed by atoms with van der Waals surface area (Å²) in [6.45, 7) is 0.554. The highest BCUT2D eigenvalue weighted by molar-refractivity contribution is 7.91. The number of nitro groups is 1. The molecule has 1 saturated heterocycles. The van der Waals surface area contributed by atoms with Gasteiger partial charge in [0, 0.05) is 30.6 Å². The first-order chi connectivity index (χ1) is 14.1. The van der Waals surface area contributed by atoms with Crippen LogP contribution in [0.2, 0.25) is 0 Å². The first kappa shape index (κ1) is 21.8. The first-order valence-electron chi connectivity index (χ1n) is 8.96. The summed E-state index contributed by atoms with van der Waals surface area (Å²) in [5.74, 6) is -4.63. The summed E-state index contributed by atoms with van der Waals surface area (Å²) >= 11 is 0. The van der Waals surface area contributed by atoms with Gasteiger partial charge in [-0.05, 0) is 49.2 Å². The van der Waals surface area contributed by atoms with Crippen LogP contribution in [0.15, 0.2) is 47.4 Å². The molecule has 0 amide bonds. The second kappa shape index (κ2) is 8.42. The second-order valence-electron chi connectivity index (χ2n) is 6.85. The van der Waals surface area contributed by atoms with Crippen LogP contribution in [0, 0.1) is 21.8 Å². The molecule has 11 heteroatoms. The molecule has 1 aliphatic rings. The normalized spacial score (nSPS) is 15.4. The van der Waals surface area contributed by atoms with Crippen LogP contribution < -0.4 is 4.90 Å². The Morgan fingerprint density at radius 1 is 1.10 bits per heavy atom. The molecule has 0 spiro atoms. The molecule has 30 heavy (non-hydrogen) atoms. The number of halogens is 3. The number of piperidine rings is 1. The van der Waals surface area contributed by atoms with E-state index in [-0.39, 0.29) is 30.5 Å². The predicted octanol–water partition coefficient (Wildman–Crippen LogP) is 3.83. The van der Waals surface area contributed by atoms with E-state index in [1.165, 1.54) is 24.3 Å². The highest BCUT2D eigenvalue weighted by Crippen LogP contribution is 2.35. The fourth-order valence-electron chi connectivity index (χ4n) is 3.43. The van der Waals surface area contributed by atoms with Crippen molar-refractivity contribution in [1.82, 2.24) is 0 Å². The molecule has 1 heterocycles. The minimum atomic E-state index is -4.96. The average Bonchev–Trinajstić information content (AvgIpc) is 2.73. The zero-order chi connectivity index (χ0) is 22.1. The lowest BCUT2D eigenvalue weighted by Gasteiger charge is -2.32. The van der Waals surface area contributed by atoms with Gasteiger partial charge in [-0.3, -0.25) is 14.9 Å². The molecule has 0 atom stereocenters. The number of ketones is 1. The van der Waals surface area contributed by atoms with Crippen LogP contribution in [0.1, 0.15) is 23.2 Å². The molecular formula is C19H17F3N2O5S. The molecule has 1 fully saturated rings. The minimum absolute atomic E-state index is 0.0981. The number of nitro benzene ring substituents is 1. The van der Waals surface area contributed by atoms with Gasteiger partial charge in [-0.25, -0.2) is 12.8 Å². The maximum absolute atomic E-state index is 13.0. The molecule has 2 aromatic carbocycles. The molecule has 3 rings (SSSR count). The number of alkyl halides is 2. The number of nitrogens with zero attached hydrogens (tertiary/aromatic N) is 2. The van der Waals surface area contributed by atoms with E-state index in [9.17, 15) is 36.5 Å². The number of anilines is 1. The monoisotopic (exact) mass is 442 g/mol. The maximum atomic E-state index is 13.0. The molecular weight excluding hydrogens is 425 g/mol. The van der Waals surface area contributed by atoms with Gasteiger partial charge in [0.25, 0.3) is 5.69 Å². The van der Waals surface area contributed by atoms with Crippen molar-refractivity contribution in [2.45, 2.75) is 23.5 Å². The average molecular weight is 442 g/mol. The van der Waals surface area contributed by atoms with E-state index >= 15 is 0 Å². The van der Waals surface area contributed by atoms with Crippen LogP contribution >= 0.6 is 0 Å². The van der Waals surface area contributed by atoms with Crippen molar-refractivity contribution in [2.75, 3.05) is 18.0 Å². The topological polar surface area (TPSA) is 97.6 Å². The Morgan fingerprint density at radius 3 is 2.23 bits per heavy atom. The van der Waals surface area contributed by atoms with E-state index in [0.29, 0.717) is 24.5 Å².